The number of carbonyl (C=O) groups is 1. The van der Waals surface area contributed by atoms with Gasteiger partial charge in [0, 0.05) is 22.5 Å². The first-order valence-electron chi connectivity index (χ1n) is 12.3. The first kappa shape index (κ1) is 23.9. The molecular weight excluding hydrogens is 507 g/mol. The number of thiophene rings is 2. The van der Waals surface area contributed by atoms with E-state index in [4.69, 9.17) is 9.72 Å². The van der Waals surface area contributed by atoms with E-state index >= 15 is 4.39 Å². The van der Waals surface area contributed by atoms with Gasteiger partial charge in [0.1, 0.15) is 17.4 Å². The van der Waals surface area contributed by atoms with E-state index in [9.17, 15) is 9.90 Å². The summed E-state index contributed by atoms with van der Waals surface area (Å²) in [6.07, 6.45) is 5.03. The number of hydrogen-bond acceptors (Lipinski definition) is 6. The first-order valence-corrected chi connectivity index (χ1v) is 14.2. The summed E-state index contributed by atoms with van der Waals surface area (Å²) in [5.41, 5.74) is 2.79. The summed E-state index contributed by atoms with van der Waals surface area (Å²) in [4.78, 5) is 17.2. The molecule has 1 aliphatic rings. The van der Waals surface area contributed by atoms with Crippen LogP contribution in [0.5, 0.6) is 5.75 Å². The van der Waals surface area contributed by atoms with Gasteiger partial charge in [0.25, 0.3) is 0 Å². The van der Waals surface area contributed by atoms with Crippen LogP contribution in [0.3, 0.4) is 0 Å². The molecule has 1 fully saturated rings. The molecule has 1 atom stereocenters. The van der Waals surface area contributed by atoms with Crippen LogP contribution in [0.1, 0.15) is 65.0 Å². The zero-order chi connectivity index (χ0) is 25.4. The Morgan fingerprint density at radius 3 is 2.65 bits per heavy atom. The minimum absolute atomic E-state index is 0.0598. The van der Waals surface area contributed by atoms with Crippen molar-refractivity contribution in [1.82, 2.24) is 9.55 Å². The number of ether oxygens (including phenoxy) is 1. The van der Waals surface area contributed by atoms with E-state index in [0.29, 0.717) is 22.7 Å². The SMILES string of the molecule is O=C([O-])c1ccc2c(c1)nc(-c1ccc(OC(c3ccsc3)c3cccs3)cc1F)n2C1CCCCC1. The number of fused-ring (bicyclic) bond motifs is 1. The molecule has 0 amide bonds. The Bertz CT molecular complexity index is 1500. The van der Waals surface area contributed by atoms with E-state index in [1.807, 2.05) is 34.3 Å². The predicted octanol–water partition coefficient (Wildman–Crippen LogP) is 7.00. The third-order valence-corrected chi connectivity index (χ3v) is 8.56. The van der Waals surface area contributed by atoms with Gasteiger partial charge in [-0.1, -0.05) is 31.4 Å². The van der Waals surface area contributed by atoms with Gasteiger partial charge in [0.15, 0.2) is 6.10 Å². The third-order valence-electron chi connectivity index (χ3n) is 6.95. The van der Waals surface area contributed by atoms with Crippen molar-refractivity contribution in [3.05, 3.63) is 92.6 Å². The molecular formula is C29H24FN2O3S2-. The first-order chi connectivity index (χ1) is 18.1. The monoisotopic (exact) mass is 531 g/mol. The molecule has 8 heteroatoms. The van der Waals surface area contributed by atoms with Crippen LogP contribution in [-0.2, 0) is 0 Å². The number of carbonyl (C=O) groups excluding carboxylic acids is 1. The van der Waals surface area contributed by atoms with Crippen molar-refractivity contribution in [3.8, 4) is 17.1 Å². The van der Waals surface area contributed by atoms with E-state index in [0.717, 1.165) is 41.6 Å². The van der Waals surface area contributed by atoms with Crippen LogP contribution in [-0.4, -0.2) is 15.5 Å². The average molecular weight is 532 g/mol. The molecule has 1 unspecified atom stereocenters. The largest absolute Gasteiger partial charge is 0.545 e. The molecule has 2 aromatic carbocycles. The summed E-state index contributed by atoms with van der Waals surface area (Å²) in [6, 6.07) is 15.9. The standard InChI is InChI=1S/C29H25FN2O3S2/c30-23-16-21(35-27(19-12-14-36-17-19)26-7-4-13-37-26)9-10-22(23)28-31-24-15-18(29(33)34)8-11-25(24)32(28)20-5-2-1-3-6-20/h4,7-17,20,27H,1-3,5-6H2,(H,33,34)/p-1. The van der Waals surface area contributed by atoms with Gasteiger partial charge in [-0.15, -0.1) is 11.3 Å². The molecule has 0 bridgehead atoms. The smallest absolute Gasteiger partial charge is 0.159 e. The molecule has 1 saturated carbocycles. The third kappa shape index (κ3) is 4.67. The summed E-state index contributed by atoms with van der Waals surface area (Å²) in [5, 5.41) is 17.5. The fraction of sp³-hybridized carbons (Fsp3) is 0.241. The lowest BCUT2D eigenvalue weighted by Gasteiger charge is -2.26. The van der Waals surface area contributed by atoms with Crippen LogP contribution < -0.4 is 9.84 Å². The van der Waals surface area contributed by atoms with Gasteiger partial charge in [-0.3, -0.25) is 0 Å². The van der Waals surface area contributed by atoms with E-state index in [2.05, 4.69) is 4.57 Å². The molecule has 3 aromatic heterocycles. The van der Waals surface area contributed by atoms with Crippen molar-refractivity contribution >= 4 is 39.7 Å². The average Bonchev–Trinajstić information content (AvgIpc) is 3.69. The van der Waals surface area contributed by atoms with Crippen LogP contribution in [0.4, 0.5) is 4.39 Å². The number of carboxylic acid groups (broad SMARTS) is 1. The molecule has 0 saturated heterocycles. The van der Waals surface area contributed by atoms with Crippen molar-refractivity contribution in [3.63, 3.8) is 0 Å². The Morgan fingerprint density at radius 2 is 1.95 bits per heavy atom. The quantitative estimate of drug-likeness (QED) is 0.227. The summed E-state index contributed by atoms with van der Waals surface area (Å²) < 4.78 is 24.1. The van der Waals surface area contributed by atoms with Crippen molar-refractivity contribution < 1.29 is 19.0 Å². The van der Waals surface area contributed by atoms with Crippen LogP contribution in [0.25, 0.3) is 22.4 Å². The van der Waals surface area contributed by atoms with Gasteiger partial charge in [0.05, 0.1) is 22.6 Å². The van der Waals surface area contributed by atoms with E-state index in [1.165, 1.54) is 24.6 Å². The van der Waals surface area contributed by atoms with Crippen LogP contribution in [0, 0.1) is 5.82 Å². The highest BCUT2D eigenvalue weighted by Crippen LogP contribution is 2.38. The number of aromatic carboxylic acids is 1. The molecule has 6 rings (SSSR count). The molecule has 0 radical (unpaired) electrons. The maximum absolute atomic E-state index is 15.7. The van der Waals surface area contributed by atoms with Gasteiger partial charge in [-0.25, -0.2) is 9.37 Å². The lowest BCUT2D eigenvalue weighted by Crippen LogP contribution is -2.22. The number of aromatic nitrogens is 2. The maximum Gasteiger partial charge on any atom is 0.159 e. The fourth-order valence-corrected chi connectivity index (χ4v) is 6.62. The number of hydrogen-bond donors (Lipinski definition) is 0. The Balaban J connectivity index is 1.40. The predicted molar refractivity (Wildman–Crippen MR) is 143 cm³/mol. The summed E-state index contributed by atoms with van der Waals surface area (Å²) in [7, 11) is 0. The second kappa shape index (κ2) is 10.1. The lowest BCUT2D eigenvalue weighted by atomic mass is 9.94. The van der Waals surface area contributed by atoms with Crippen LogP contribution >= 0.6 is 22.7 Å². The number of halogens is 1. The molecule has 3 heterocycles. The number of nitrogens with zero attached hydrogens (tertiary/aromatic N) is 2. The second-order valence-corrected chi connectivity index (χ2v) is 11.1. The van der Waals surface area contributed by atoms with Crippen LogP contribution in [0.2, 0.25) is 0 Å². The molecule has 188 valence electrons. The molecule has 37 heavy (non-hydrogen) atoms. The van der Waals surface area contributed by atoms with Crippen molar-refractivity contribution in [2.45, 2.75) is 44.2 Å². The number of imidazole rings is 1. The van der Waals surface area contributed by atoms with Crippen LogP contribution in [0.15, 0.2) is 70.7 Å². The molecule has 5 aromatic rings. The second-order valence-electron chi connectivity index (χ2n) is 9.30. The molecule has 1 aliphatic carbocycles. The number of benzene rings is 2. The van der Waals surface area contributed by atoms with Gasteiger partial charge >= 0.3 is 0 Å². The van der Waals surface area contributed by atoms with Crippen molar-refractivity contribution in [1.29, 1.82) is 0 Å². The molecule has 0 aliphatic heterocycles. The molecule has 0 spiro atoms. The summed E-state index contributed by atoms with van der Waals surface area (Å²) in [6.45, 7) is 0. The zero-order valence-corrected chi connectivity index (χ0v) is 21.6. The van der Waals surface area contributed by atoms with Gasteiger partial charge < -0.3 is 19.2 Å². The van der Waals surface area contributed by atoms with Crippen molar-refractivity contribution in [2.75, 3.05) is 0 Å². The minimum atomic E-state index is -1.26. The Morgan fingerprint density at radius 1 is 1.08 bits per heavy atom. The molecule has 5 nitrogen and oxygen atoms in total. The van der Waals surface area contributed by atoms with Gasteiger partial charge in [0.2, 0.25) is 0 Å². The normalized spacial score (nSPS) is 15.2. The lowest BCUT2D eigenvalue weighted by molar-refractivity contribution is -0.255. The number of rotatable bonds is 7. The Kier molecular flexibility index (Phi) is 6.52. The summed E-state index contributed by atoms with van der Waals surface area (Å²) in [5.74, 6) is -0.742. The highest BCUT2D eigenvalue weighted by Gasteiger charge is 2.25. The highest BCUT2D eigenvalue weighted by atomic mass is 32.1. The fourth-order valence-electron chi connectivity index (χ4n) is 5.17. The van der Waals surface area contributed by atoms with Gasteiger partial charge in [-0.05, 0) is 70.9 Å². The highest BCUT2D eigenvalue weighted by molar-refractivity contribution is 7.10. The van der Waals surface area contributed by atoms with Crippen molar-refractivity contribution in [2.24, 2.45) is 0 Å². The maximum atomic E-state index is 15.7. The summed E-state index contributed by atoms with van der Waals surface area (Å²) >= 11 is 3.20. The number of carboxylic acids is 1. The Labute approximate surface area is 221 Å². The topological polar surface area (TPSA) is 67.2 Å². The molecule has 0 N–H and O–H groups in total. The Hall–Kier alpha value is -3.49. The minimum Gasteiger partial charge on any atom is -0.545 e. The van der Waals surface area contributed by atoms with E-state index < -0.39 is 11.8 Å². The zero-order valence-electron chi connectivity index (χ0n) is 19.9. The van der Waals surface area contributed by atoms with Gasteiger partial charge in [-0.2, -0.15) is 11.3 Å². The van der Waals surface area contributed by atoms with E-state index in [1.54, 1.807) is 40.9 Å². The van der Waals surface area contributed by atoms with E-state index in [-0.39, 0.29) is 17.7 Å².